The molecule has 2 heteroatoms. The number of aryl methyl sites for hydroxylation is 1. The summed E-state index contributed by atoms with van der Waals surface area (Å²) in [4.78, 5) is 0. The van der Waals surface area contributed by atoms with E-state index in [1.165, 1.54) is 14.9 Å². The first kappa shape index (κ1) is 9.05. The van der Waals surface area contributed by atoms with Gasteiger partial charge in [0.15, 0.2) is 0 Å². The van der Waals surface area contributed by atoms with Gasteiger partial charge < -0.3 is 0 Å². The number of thioether (sulfide) groups is 1. The summed E-state index contributed by atoms with van der Waals surface area (Å²) in [6, 6.07) is 8.53. The standard InChI is InChI=1S/C9H10SSe/c1-7-3-5-8(6-4-7)9(11)10-2/h3-6H,1-2H3. The van der Waals surface area contributed by atoms with E-state index in [-0.39, 0.29) is 0 Å². The molecule has 0 saturated heterocycles. The van der Waals surface area contributed by atoms with E-state index in [9.17, 15) is 0 Å². The molecule has 1 rings (SSSR count). The van der Waals surface area contributed by atoms with Crippen LogP contribution in [0.2, 0.25) is 0 Å². The molecule has 0 bridgehead atoms. The fourth-order valence-electron chi connectivity index (χ4n) is 0.807. The second-order valence-corrected chi connectivity index (χ2v) is 4.61. The molecule has 1 aromatic carbocycles. The molecule has 0 unspecified atom stereocenters. The molecule has 0 nitrogen and oxygen atoms in total. The summed E-state index contributed by atoms with van der Waals surface area (Å²) in [5.74, 6) is 0. The van der Waals surface area contributed by atoms with E-state index in [0.29, 0.717) is 0 Å². The Hall–Kier alpha value is -0.0405. The topological polar surface area (TPSA) is 0 Å². The molecule has 0 saturated carbocycles. The number of hydrogen-bond acceptors (Lipinski definition) is 1. The molecule has 0 heterocycles. The first-order valence-corrected chi connectivity index (χ1v) is 5.47. The van der Waals surface area contributed by atoms with Crippen molar-refractivity contribution in [2.24, 2.45) is 0 Å². The molecule has 0 aliphatic carbocycles. The quantitative estimate of drug-likeness (QED) is 0.699. The SMILES string of the molecule is CSC(=[Se])c1ccc(C)cc1. The van der Waals surface area contributed by atoms with E-state index >= 15 is 0 Å². The van der Waals surface area contributed by atoms with Gasteiger partial charge in [0.2, 0.25) is 0 Å². The molecule has 11 heavy (non-hydrogen) atoms. The van der Waals surface area contributed by atoms with Crippen molar-refractivity contribution < 1.29 is 0 Å². The summed E-state index contributed by atoms with van der Waals surface area (Å²) in [7, 11) is 0. The van der Waals surface area contributed by atoms with Crippen molar-refractivity contribution in [3.05, 3.63) is 35.4 Å². The Balaban J connectivity index is 2.90. The summed E-state index contributed by atoms with van der Waals surface area (Å²) in [6.45, 7) is 2.10. The zero-order chi connectivity index (χ0) is 8.27. The van der Waals surface area contributed by atoms with Crippen LogP contribution in [0.15, 0.2) is 24.3 Å². The van der Waals surface area contributed by atoms with Crippen LogP contribution in [0.3, 0.4) is 0 Å². The summed E-state index contributed by atoms with van der Waals surface area (Å²) < 4.78 is 1.25. The molecule has 0 aliphatic rings. The average molecular weight is 229 g/mol. The zero-order valence-electron chi connectivity index (χ0n) is 6.63. The Morgan fingerprint density at radius 2 is 1.82 bits per heavy atom. The molecular weight excluding hydrogens is 219 g/mol. The van der Waals surface area contributed by atoms with Gasteiger partial charge in [-0.3, -0.25) is 0 Å². The summed E-state index contributed by atoms with van der Waals surface area (Å²) in [5, 5.41) is 0. The minimum atomic E-state index is 1.25. The van der Waals surface area contributed by atoms with Gasteiger partial charge in [0.05, 0.1) is 0 Å². The van der Waals surface area contributed by atoms with Gasteiger partial charge in [0.1, 0.15) is 0 Å². The minimum absolute atomic E-state index is 1.25. The predicted molar refractivity (Wildman–Crippen MR) is 54.6 cm³/mol. The first-order valence-electron chi connectivity index (χ1n) is 3.39. The molecule has 0 spiro atoms. The molecule has 58 valence electrons. The van der Waals surface area contributed by atoms with Crippen LogP contribution >= 0.6 is 11.8 Å². The van der Waals surface area contributed by atoms with Gasteiger partial charge in [0.25, 0.3) is 0 Å². The van der Waals surface area contributed by atoms with Crippen molar-refractivity contribution >= 4 is 31.1 Å². The second kappa shape index (κ2) is 4.10. The Kier molecular flexibility index (Phi) is 3.38. The Labute approximate surface area is 79.7 Å². The second-order valence-electron chi connectivity index (χ2n) is 2.36. The van der Waals surface area contributed by atoms with Crippen LogP contribution in [0.1, 0.15) is 11.1 Å². The molecule has 0 atom stereocenters. The molecule has 0 amide bonds. The normalized spacial score (nSPS) is 9.64. The Bertz CT molecular complexity index is 251. The maximum atomic E-state index is 3.04. The van der Waals surface area contributed by atoms with Crippen LogP contribution in [0, 0.1) is 6.92 Å². The van der Waals surface area contributed by atoms with Crippen LogP contribution in [-0.2, 0) is 0 Å². The molecular formula is C9H10SSe. The van der Waals surface area contributed by atoms with E-state index in [0.717, 1.165) is 0 Å². The van der Waals surface area contributed by atoms with E-state index in [1.54, 1.807) is 11.8 Å². The molecule has 0 fully saturated rings. The molecule has 0 aromatic heterocycles. The van der Waals surface area contributed by atoms with Crippen LogP contribution in [-0.4, -0.2) is 25.6 Å². The molecule has 0 N–H and O–H groups in total. The first-order chi connectivity index (χ1) is 5.24. The monoisotopic (exact) mass is 230 g/mol. The van der Waals surface area contributed by atoms with Crippen LogP contribution in [0.4, 0.5) is 0 Å². The molecule has 1 aromatic rings. The van der Waals surface area contributed by atoms with Gasteiger partial charge in [-0.05, 0) is 0 Å². The van der Waals surface area contributed by atoms with Crippen LogP contribution in [0.25, 0.3) is 0 Å². The Morgan fingerprint density at radius 3 is 2.27 bits per heavy atom. The van der Waals surface area contributed by atoms with Crippen LogP contribution in [0.5, 0.6) is 0 Å². The fraction of sp³-hybridized carbons (Fsp3) is 0.222. The van der Waals surface area contributed by atoms with Crippen molar-refractivity contribution in [2.75, 3.05) is 6.26 Å². The number of hydrogen-bond donors (Lipinski definition) is 0. The maximum absolute atomic E-state index is 3.04. The summed E-state index contributed by atoms with van der Waals surface area (Å²) in [5.41, 5.74) is 2.59. The van der Waals surface area contributed by atoms with Crippen molar-refractivity contribution in [1.29, 1.82) is 0 Å². The van der Waals surface area contributed by atoms with Gasteiger partial charge in [0, 0.05) is 0 Å². The zero-order valence-corrected chi connectivity index (χ0v) is 9.16. The predicted octanol–water partition coefficient (Wildman–Crippen LogP) is 2.00. The van der Waals surface area contributed by atoms with E-state index < -0.39 is 0 Å². The number of benzene rings is 1. The summed E-state index contributed by atoms with van der Waals surface area (Å²) >= 11 is 4.79. The third-order valence-electron chi connectivity index (χ3n) is 1.47. The third-order valence-corrected chi connectivity index (χ3v) is 3.62. The average Bonchev–Trinajstić information content (AvgIpc) is 2.05. The Morgan fingerprint density at radius 1 is 1.27 bits per heavy atom. The van der Waals surface area contributed by atoms with Gasteiger partial charge in [-0.15, -0.1) is 0 Å². The van der Waals surface area contributed by atoms with Gasteiger partial charge in [-0.25, -0.2) is 0 Å². The van der Waals surface area contributed by atoms with Crippen molar-refractivity contribution in [3.8, 4) is 0 Å². The van der Waals surface area contributed by atoms with E-state index in [1.807, 2.05) is 0 Å². The summed E-state index contributed by atoms with van der Waals surface area (Å²) in [6.07, 6.45) is 2.08. The molecule has 0 radical (unpaired) electrons. The molecule has 0 aliphatic heterocycles. The van der Waals surface area contributed by atoms with Gasteiger partial charge >= 0.3 is 79.7 Å². The van der Waals surface area contributed by atoms with Crippen LogP contribution < -0.4 is 0 Å². The van der Waals surface area contributed by atoms with Crippen molar-refractivity contribution in [2.45, 2.75) is 6.92 Å². The van der Waals surface area contributed by atoms with Gasteiger partial charge in [-0.1, -0.05) is 0 Å². The number of rotatable bonds is 2. The third kappa shape index (κ3) is 2.48. The van der Waals surface area contributed by atoms with E-state index in [4.69, 9.17) is 0 Å². The van der Waals surface area contributed by atoms with Crippen molar-refractivity contribution in [3.63, 3.8) is 0 Å². The van der Waals surface area contributed by atoms with Crippen molar-refractivity contribution in [1.82, 2.24) is 0 Å². The van der Waals surface area contributed by atoms with Gasteiger partial charge in [-0.2, -0.15) is 0 Å². The fourth-order valence-corrected chi connectivity index (χ4v) is 1.46. The van der Waals surface area contributed by atoms with E-state index in [2.05, 4.69) is 53.0 Å².